The van der Waals surface area contributed by atoms with E-state index in [1.165, 1.54) is 53.9 Å². The highest BCUT2D eigenvalue weighted by atomic mass is 14.2. The summed E-state index contributed by atoms with van der Waals surface area (Å²) in [4.78, 5) is 0. The van der Waals surface area contributed by atoms with Crippen molar-refractivity contribution >= 4 is 53.9 Å². The lowest BCUT2D eigenvalue weighted by Gasteiger charge is -2.16. The molecule has 0 aliphatic carbocycles. The van der Waals surface area contributed by atoms with Gasteiger partial charge in [-0.1, -0.05) is 78.9 Å². The number of hydrogen-bond acceptors (Lipinski definition) is 0. The smallest absolute Gasteiger partial charge is 0.00139 e. The lowest BCUT2D eigenvalue weighted by atomic mass is 9.87. The summed E-state index contributed by atoms with van der Waals surface area (Å²) in [5.74, 6) is 0. The summed E-state index contributed by atoms with van der Waals surface area (Å²) >= 11 is 0. The first-order valence-electron chi connectivity index (χ1n) is 8.39. The summed E-state index contributed by atoms with van der Waals surface area (Å²) in [6, 6.07) is 31.1. The maximum Gasteiger partial charge on any atom is -0.00139 e. The number of hydrogen-bond donors (Lipinski definition) is 0. The number of fused-ring (bicyclic) bond motifs is 5. The minimum Gasteiger partial charge on any atom is -0.0616 e. The van der Waals surface area contributed by atoms with Gasteiger partial charge in [0.05, 0.1) is 0 Å². The molecule has 0 heterocycles. The summed E-state index contributed by atoms with van der Waals surface area (Å²) in [6.07, 6.45) is 0. The van der Waals surface area contributed by atoms with Gasteiger partial charge in [-0.05, 0) is 59.9 Å². The van der Waals surface area contributed by atoms with Gasteiger partial charge in [-0.2, -0.15) is 0 Å². The van der Waals surface area contributed by atoms with Gasteiger partial charge in [-0.25, -0.2) is 0 Å². The van der Waals surface area contributed by atoms with Crippen LogP contribution >= 0.6 is 0 Å². The third kappa shape index (κ3) is 1.39. The molecule has 0 spiro atoms. The third-order valence-electron chi connectivity index (χ3n) is 5.37. The molecule has 0 saturated heterocycles. The van der Waals surface area contributed by atoms with E-state index in [0.29, 0.717) is 0 Å². The van der Waals surface area contributed by atoms with Crippen LogP contribution in [0.1, 0.15) is 0 Å². The summed E-state index contributed by atoms with van der Waals surface area (Å²) in [5.41, 5.74) is 0. The van der Waals surface area contributed by atoms with Crippen LogP contribution < -0.4 is 0 Å². The van der Waals surface area contributed by atoms with Gasteiger partial charge >= 0.3 is 0 Å². The highest BCUT2D eigenvalue weighted by Gasteiger charge is 2.14. The average Bonchev–Trinajstić information content (AvgIpc) is 2.66. The van der Waals surface area contributed by atoms with E-state index in [9.17, 15) is 0 Å². The van der Waals surface area contributed by atoms with Crippen LogP contribution in [0.4, 0.5) is 0 Å². The first kappa shape index (κ1) is 12.3. The molecule has 0 unspecified atom stereocenters. The number of rotatable bonds is 0. The van der Waals surface area contributed by atoms with Gasteiger partial charge in [0.2, 0.25) is 0 Å². The molecule has 0 fully saturated rings. The van der Waals surface area contributed by atoms with Crippen LogP contribution in [0.15, 0.2) is 84.9 Å². The van der Waals surface area contributed by atoms with Gasteiger partial charge in [-0.3, -0.25) is 0 Å². The molecule has 0 nitrogen and oxygen atoms in total. The molecule has 24 heavy (non-hydrogen) atoms. The molecule has 0 heteroatoms. The number of benzene rings is 6. The topological polar surface area (TPSA) is 0 Å². The predicted octanol–water partition coefficient (Wildman–Crippen LogP) is 6.89. The zero-order valence-electron chi connectivity index (χ0n) is 13.1. The van der Waals surface area contributed by atoms with Crippen LogP contribution in [-0.4, -0.2) is 0 Å². The molecule has 0 aliphatic rings. The SMILES string of the molecule is c1ccc2c(c1)cc1c3ccccc3c3cccc4ccc2c1c43. The Morgan fingerprint density at radius 1 is 0.333 bits per heavy atom. The predicted molar refractivity (Wildman–Crippen MR) is 105 cm³/mol. The van der Waals surface area contributed by atoms with Crippen molar-refractivity contribution in [1.82, 2.24) is 0 Å². The third-order valence-corrected chi connectivity index (χ3v) is 5.37. The summed E-state index contributed by atoms with van der Waals surface area (Å²) in [6.45, 7) is 0. The Morgan fingerprint density at radius 3 is 1.83 bits per heavy atom. The molecule has 110 valence electrons. The molecule has 6 aromatic rings. The first-order valence-corrected chi connectivity index (χ1v) is 8.39. The Labute approximate surface area is 139 Å². The van der Waals surface area contributed by atoms with E-state index in [2.05, 4.69) is 84.9 Å². The summed E-state index contributed by atoms with van der Waals surface area (Å²) in [7, 11) is 0. The van der Waals surface area contributed by atoms with Gasteiger partial charge < -0.3 is 0 Å². The van der Waals surface area contributed by atoms with Crippen molar-refractivity contribution in [3.8, 4) is 0 Å². The van der Waals surface area contributed by atoms with Crippen LogP contribution in [0, 0.1) is 0 Å². The first-order chi connectivity index (χ1) is 11.9. The van der Waals surface area contributed by atoms with Crippen molar-refractivity contribution in [2.75, 3.05) is 0 Å². The summed E-state index contributed by atoms with van der Waals surface area (Å²) in [5, 5.41) is 13.6. The molecule has 0 aromatic heterocycles. The Balaban J connectivity index is 2.12. The van der Waals surface area contributed by atoms with E-state index in [0.717, 1.165) is 0 Å². The van der Waals surface area contributed by atoms with Crippen LogP contribution in [0.25, 0.3) is 53.9 Å². The zero-order chi connectivity index (χ0) is 15.7. The Morgan fingerprint density at radius 2 is 0.958 bits per heavy atom. The Kier molecular flexibility index (Phi) is 2.18. The zero-order valence-corrected chi connectivity index (χ0v) is 13.1. The molecule has 0 amide bonds. The average molecular weight is 302 g/mol. The largest absolute Gasteiger partial charge is 0.0616 e. The van der Waals surface area contributed by atoms with E-state index in [4.69, 9.17) is 0 Å². The lowest BCUT2D eigenvalue weighted by Crippen LogP contribution is -1.88. The fourth-order valence-electron chi connectivity index (χ4n) is 4.37. The van der Waals surface area contributed by atoms with Crippen molar-refractivity contribution < 1.29 is 0 Å². The van der Waals surface area contributed by atoms with Crippen molar-refractivity contribution in [1.29, 1.82) is 0 Å². The van der Waals surface area contributed by atoms with Crippen molar-refractivity contribution in [2.45, 2.75) is 0 Å². The molecule has 0 atom stereocenters. The summed E-state index contributed by atoms with van der Waals surface area (Å²) < 4.78 is 0. The quantitative estimate of drug-likeness (QED) is 0.212. The Hall–Kier alpha value is -3.12. The van der Waals surface area contributed by atoms with Gasteiger partial charge in [0.15, 0.2) is 0 Å². The minimum absolute atomic E-state index is 1.31. The van der Waals surface area contributed by atoms with Crippen molar-refractivity contribution in [3.63, 3.8) is 0 Å². The second kappa shape index (κ2) is 4.24. The maximum atomic E-state index is 2.37. The maximum absolute atomic E-state index is 2.37. The van der Waals surface area contributed by atoms with Gasteiger partial charge in [0, 0.05) is 0 Å². The van der Waals surface area contributed by atoms with Crippen LogP contribution in [0.2, 0.25) is 0 Å². The Bertz CT molecular complexity index is 1390. The van der Waals surface area contributed by atoms with Gasteiger partial charge in [0.25, 0.3) is 0 Å². The fraction of sp³-hybridized carbons (Fsp3) is 0. The second-order valence-electron chi connectivity index (χ2n) is 6.58. The van der Waals surface area contributed by atoms with Gasteiger partial charge in [0.1, 0.15) is 0 Å². The molecule has 0 aliphatic heterocycles. The van der Waals surface area contributed by atoms with Crippen molar-refractivity contribution in [2.24, 2.45) is 0 Å². The molecule has 0 radical (unpaired) electrons. The standard InChI is InChI=1S/C24H14/c1-2-8-17-16(6-1)14-22-19-10-4-3-9-18(19)20-11-5-7-15-12-13-21(17)24(22)23(15)20/h1-14H. The van der Waals surface area contributed by atoms with Gasteiger partial charge in [-0.15, -0.1) is 0 Å². The van der Waals surface area contributed by atoms with E-state index in [1.54, 1.807) is 0 Å². The highest BCUT2D eigenvalue weighted by molar-refractivity contribution is 6.37. The van der Waals surface area contributed by atoms with E-state index in [1.807, 2.05) is 0 Å². The van der Waals surface area contributed by atoms with Crippen molar-refractivity contribution in [3.05, 3.63) is 84.9 Å². The normalized spacial score (nSPS) is 12.2. The fourth-order valence-corrected chi connectivity index (χ4v) is 4.37. The van der Waals surface area contributed by atoms with E-state index < -0.39 is 0 Å². The molecule has 6 aromatic carbocycles. The molecular formula is C24H14. The van der Waals surface area contributed by atoms with Crippen LogP contribution in [-0.2, 0) is 0 Å². The van der Waals surface area contributed by atoms with E-state index in [-0.39, 0.29) is 0 Å². The van der Waals surface area contributed by atoms with Crippen LogP contribution in [0.3, 0.4) is 0 Å². The lowest BCUT2D eigenvalue weighted by molar-refractivity contribution is 1.78. The highest BCUT2D eigenvalue weighted by Crippen LogP contribution is 2.42. The second-order valence-corrected chi connectivity index (χ2v) is 6.58. The molecule has 6 rings (SSSR count). The minimum atomic E-state index is 1.31. The van der Waals surface area contributed by atoms with Crippen LogP contribution in [0.5, 0.6) is 0 Å². The molecule has 0 bridgehead atoms. The molecule has 0 N–H and O–H groups in total. The van der Waals surface area contributed by atoms with E-state index >= 15 is 0 Å². The molecule has 0 saturated carbocycles. The monoisotopic (exact) mass is 302 g/mol. The molecular weight excluding hydrogens is 288 g/mol.